The maximum Gasteiger partial charge on any atom is 0.253 e. The number of nitrogens with one attached hydrogen (secondary N) is 2. The van der Waals surface area contributed by atoms with Crippen LogP contribution in [0.15, 0.2) is 22.2 Å². The number of aliphatic hydroxyl groups is 1. The van der Waals surface area contributed by atoms with Gasteiger partial charge in [-0.3, -0.25) is 14.2 Å². The zero-order valence-electron chi connectivity index (χ0n) is 12.7. The number of hydrogen-bond acceptors (Lipinski definition) is 10. The lowest BCUT2D eigenvalue weighted by Gasteiger charge is -2.21. The Morgan fingerprint density at radius 3 is 2.88 bits per heavy atom. The van der Waals surface area contributed by atoms with Gasteiger partial charge in [-0.25, -0.2) is 15.0 Å². The molecule has 0 aliphatic carbocycles. The molecular weight excluding hydrogens is 330 g/mol. The minimum absolute atomic E-state index is 0.197. The van der Waals surface area contributed by atoms with E-state index in [-0.39, 0.29) is 23.7 Å². The lowest BCUT2D eigenvalue weighted by Crippen LogP contribution is -2.42. The third-order valence-electron chi connectivity index (χ3n) is 4.74. The summed E-state index contributed by atoms with van der Waals surface area (Å²) in [5.74, 6) is 0.235. The highest BCUT2D eigenvalue weighted by molar-refractivity contribution is 5.81. The van der Waals surface area contributed by atoms with Crippen LogP contribution in [0.5, 0.6) is 0 Å². The van der Waals surface area contributed by atoms with Crippen LogP contribution < -0.4 is 27.2 Å². The van der Waals surface area contributed by atoms with Gasteiger partial charge in [0.25, 0.3) is 10.9 Å². The fourth-order valence-electron chi connectivity index (χ4n) is 3.45. The summed E-state index contributed by atoms with van der Waals surface area (Å²) in [6.07, 6.45) is 0.575. The van der Waals surface area contributed by atoms with Crippen molar-refractivity contribution in [3.63, 3.8) is 0 Å². The number of ether oxygens (including phenoxy) is 1. The first-order valence-electron chi connectivity index (χ1n) is 7.66. The van der Waals surface area contributed by atoms with Crippen molar-refractivity contribution < 1.29 is 9.84 Å². The molecule has 0 spiro atoms. The first kappa shape index (κ1) is 14.3. The number of nitrogens with two attached hydrogens (primary N) is 1. The van der Waals surface area contributed by atoms with Crippen LogP contribution in [-0.2, 0) is 4.74 Å². The molecule has 5 rings (SSSR count). The van der Waals surface area contributed by atoms with Crippen molar-refractivity contribution >= 4 is 28.4 Å². The number of imidazole rings is 1. The summed E-state index contributed by atoms with van der Waals surface area (Å²) >= 11 is 0. The summed E-state index contributed by atoms with van der Waals surface area (Å²) in [4.78, 5) is 35.4. The number of rotatable bonds is 1. The first-order chi connectivity index (χ1) is 12.1. The van der Waals surface area contributed by atoms with Crippen molar-refractivity contribution in [3.8, 4) is 0 Å². The van der Waals surface area contributed by atoms with E-state index < -0.39 is 35.3 Å². The molecule has 1 aromatic carbocycles. The van der Waals surface area contributed by atoms with E-state index in [9.17, 15) is 14.7 Å². The van der Waals surface area contributed by atoms with Crippen LogP contribution in [0.25, 0.3) is 11.2 Å². The van der Waals surface area contributed by atoms with Gasteiger partial charge >= 0.3 is 0 Å². The topological polar surface area (TPSA) is 157 Å². The van der Waals surface area contributed by atoms with Crippen LogP contribution >= 0.6 is 0 Å². The molecule has 5 N–H and O–H groups in total. The molecular formula is C14H13N7O4. The van der Waals surface area contributed by atoms with Crippen molar-refractivity contribution in [2.45, 2.75) is 24.5 Å². The molecule has 0 unspecified atom stereocenters. The normalized spacial score (nSPS) is 28.2. The number of anilines is 3. The Balaban J connectivity index is 1.52. The lowest BCUT2D eigenvalue weighted by molar-refractivity contribution is -0.0311. The summed E-state index contributed by atoms with van der Waals surface area (Å²) in [6, 6.07) is -0.557. The summed E-state index contributed by atoms with van der Waals surface area (Å²) in [7, 11) is 0. The number of nitrogen functional groups attached to an aromatic ring is 1. The molecule has 128 valence electrons. The number of aromatic nitrogens is 4. The molecule has 2 aromatic heterocycles. The highest BCUT2D eigenvalue weighted by Gasteiger charge is 2.47. The predicted molar refractivity (Wildman–Crippen MR) is 86.9 cm³/mol. The van der Waals surface area contributed by atoms with Gasteiger partial charge in [0.05, 0.1) is 12.4 Å². The van der Waals surface area contributed by atoms with Crippen molar-refractivity contribution in [3.05, 3.63) is 33.1 Å². The average molecular weight is 343 g/mol. The zero-order valence-corrected chi connectivity index (χ0v) is 12.7. The van der Waals surface area contributed by atoms with E-state index in [2.05, 4.69) is 25.6 Å². The molecule has 4 atom stereocenters. The average Bonchev–Trinajstić information content (AvgIpc) is 3.11. The molecule has 1 saturated heterocycles. The van der Waals surface area contributed by atoms with Gasteiger partial charge < -0.3 is 26.2 Å². The monoisotopic (exact) mass is 343 g/mol. The van der Waals surface area contributed by atoms with Crippen LogP contribution in [0.3, 0.4) is 0 Å². The van der Waals surface area contributed by atoms with Crippen LogP contribution in [0.2, 0.25) is 0 Å². The second-order valence-corrected chi connectivity index (χ2v) is 6.10. The van der Waals surface area contributed by atoms with Crippen LogP contribution in [-0.4, -0.2) is 49.4 Å². The smallest absolute Gasteiger partial charge is 0.253 e. The second kappa shape index (κ2) is 4.74. The standard InChI is InChI=1S/C14H13N7O4/c15-12-8-13(18-2-17-12)21(3-19-8)14-11(24)5-4(25-14)1-16-6-7(20-5)10(23)9(6)22/h2-5,11,14,16,20,24H,1H2,(H2,15,17,18)/t4-,5-,11-,14-/m1/s1. The van der Waals surface area contributed by atoms with Crippen molar-refractivity contribution in [1.29, 1.82) is 0 Å². The fraction of sp³-hybridized carbons (Fsp3) is 0.357. The molecule has 11 heteroatoms. The highest BCUT2D eigenvalue weighted by atomic mass is 16.5. The maximum absolute atomic E-state index is 11.7. The van der Waals surface area contributed by atoms with E-state index in [0.29, 0.717) is 11.2 Å². The molecule has 0 radical (unpaired) electrons. The molecule has 11 nitrogen and oxygen atoms in total. The molecule has 3 aromatic rings. The summed E-state index contributed by atoms with van der Waals surface area (Å²) in [5, 5.41) is 16.6. The minimum atomic E-state index is -0.990. The van der Waals surface area contributed by atoms with Crippen LogP contribution in [0, 0.1) is 0 Å². The van der Waals surface area contributed by atoms with Gasteiger partial charge in [-0.1, -0.05) is 0 Å². The summed E-state index contributed by atoms with van der Waals surface area (Å²) in [5.41, 5.74) is 5.94. The van der Waals surface area contributed by atoms with Gasteiger partial charge in [-0.05, 0) is 0 Å². The molecule has 0 bridgehead atoms. The number of nitrogens with zero attached hydrogens (tertiary/aromatic N) is 4. The third kappa shape index (κ3) is 1.78. The van der Waals surface area contributed by atoms with Gasteiger partial charge in [0.1, 0.15) is 35.4 Å². The maximum atomic E-state index is 11.7. The molecule has 4 heterocycles. The van der Waals surface area contributed by atoms with E-state index in [0.717, 1.165) is 0 Å². The van der Waals surface area contributed by atoms with Gasteiger partial charge in [-0.15, -0.1) is 0 Å². The molecule has 2 aliphatic heterocycles. The van der Waals surface area contributed by atoms with Gasteiger partial charge in [0.15, 0.2) is 17.7 Å². The molecule has 2 aliphatic rings. The van der Waals surface area contributed by atoms with E-state index in [1.165, 1.54) is 12.7 Å². The lowest BCUT2D eigenvalue weighted by atomic mass is 10.1. The quantitative estimate of drug-likeness (QED) is 0.370. The van der Waals surface area contributed by atoms with E-state index in [4.69, 9.17) is 10.5 Å². The van der Waals surface area contributed by atoms with Gasteiger partial charge in [0, 0.05) is 6.54 Å². The van der Waals surface area contributed by atoms with Crippen molar-refractivity contribution in [2.75, 3.05) is 22.9 Å². The Labute approximate surface area is 139 Å². The summed E-state index contributed by atoms with van der Waals surface area (Å²) < 4.78 is 7.52. The summed E-state index contributed by atoms with van der Waals surface area (Å²) in [6.45, 7) is 0.285. The third-order valence-corrected chi connectivity index (χ3v) is 4.74. The Bertz CT molecular complexity index is 1070. The molecule has 0 amide bonds. The number of fused-ring (bicyclic) bond motifs is 3. The van der Waals surface area contributed by atoms with E-state index in [1.807, 2.05) is 0 Å². The second-order valence-electron chi connectivity index (χ2n) is 6.10. The largest absolute Gasteiger partial charge is 0.386 e. The van der Waals surface area contributed by atoms with Crippen LogP contribution in [0.4, 0.5) is 17.2 Å². The SMILES string of the molecule is Nc1ncnc2c1ncn2[C@@H]1O[C@@H]2CNc3c(c(=O)c3=O)N[C@H]2[C@H]1O. The number of hydrogen-bond donors (Lipinski definition) is 4. The van der Waals surface area contributed by atoms with E-state index in [1.54, 1.807) is 4.57 Å². The molecule has 1 fully saturated rings. The first-order valence-corrected chi connectivity index (χ1v) is 7.66. The Morgan fingerprint density at radius 1 is 1.24 bits per heavy atom. The Kier molecular flexibility index (Phi) is 2.71. The Morgan fingerprint density at radius 2 is 2.04 bits per heavy atom. The fourth-order valence-corrected chi connectivity index (χ4v) is 3.45. The van der Waals surface area contributed by atoms with Gasteiger partial charge in [0.2, 0.25) is 0 Å². The Hall–Kier alpha value is -3.05. The number of aliphatic hydroxyl groups excluding tert-OH is 1. The minimum Gasteiger partial charge on any atom is -0.386 e. The molecule has 25 heavy (non-hydrogen) atoms. The molecule has 0 saturated carbocycles. The van der Waals surface area contributed by atoms with Crippen LogP contribution in [0.1, 0.15) is 6.23 Å². The zero-order chi connectivity index (χ0) is 17.3. The van der Waals surface area contributed by atoms with Crippen molar-refractivity contribution in [1.82, 2.24) is 19.5 Å². The van der Waals surface area contributed by atoms with Crippen molar-refractivity contribution in [2.24, 2.45) is 0 Å². The van der Waals surface area contributed by atoms with Gasteiger partial charge in [-0.2, -0.15) is 0 Å². The van der Waals surface area contributed by atoms with E-state index >= 15 is 0 Å². The predicted octanol–water partition coefficient (Wildman–Crippen LogP) is -1.83. The highest BCUT2D eigenvalue weighted by Crippen LogP contribution is 2.35.